The largest absolute Gasteiger partial charge is 0.508 e. The van der Waals surface area contributed by atoms with Crippen molar-refractivity contribution < 1.29 is 48.6 Å². The van der Waals surface area contributed by atoms with Crippen LogP contribution in [0.25, 0.3) is 5.57 Å². The van der Waals surface area contributed by atoms with Gasteiger partial charge in [-0.15, -0.1) is 0 Å². The van der Waals surface area contributed by atoms with Crippen molar-refractivity contribution in [1.29, 1.82) is 0 Å². The van der Waals surface area contributed by atoms with Gasteiger partial charge < -0.3 is 10.0 Å². The second-order valence-electron chi connectivity index (χ2n) is 11.9. The molecule has 0 saturated carbocycles. The minimum Gasteiger partial charge on any atom is -0.508 e. The number of hydrogen-bond acceptors (Lipinski definition) is 8. The first-order chi connectivity index (χ1) is 24.5. The average molecular weight is 766 g/mol. The molecule has 52 heavy (non-hydrogen) atoms. The van der Waals surface area contributed by atoms with Crippen LogP contribution in [0.5, 0.6) is 5.75 Å². The lowest BCUT2D eigenvalue weighted by molar-refractivity contribution is -0.539. The van der Waals surface area contributed by atoms with E-state index >= 15 is 0 Å². The Labute approximate surface area is 303 Å². The topological polar surface area (TPSA) is 190 Å². The van der Waals surface area contributed by atoms with E-state index in [-0.39, 0.29) is 21.1 Å². The van der Waals surface area contributed by atoms with E-state index in [1.807, 2.05) is 47.6 Å². The molecule has 4 N–H and O–H groups in total. The lowest BCUT2D eigenvalue weighted by Gasteiger charge is -2.24. The van der Waals surface area contributed by atoms with Gasteiger partial charge in [-0.3, -0.25) is 13.7 Å². The monoisotopic (exact) mass is 765 g/mol. The van der Waals surface area contributed by atoms with Crippen LogP contribution in [-0.4, -0.2) is 67.4 Å². The fourth-order valence-electron chi connectivity index (χ4n) is 5.91. The maximum absolute atomic E-state index is 12.6. The van der Waals surface area contributed by atoms with E-state index in [4.69, 9.17) is 0 Å². The zero-order valence-corrected chi connectivity index (χ0v) is 30.6. The molecule has 0 radical (unpaired) electrons. The summed E-state index contributed by atoms with van der Waals surface area (Å²) in [7, 11) is -13.5. The van der Waals surface area contributed by atoms with Gasteiger partial charge in [0.25, 0.3) is 30.4 Å². The van der Waals surface area contributed by atoms with E-state index in [1.165, 1.54) is 36.4 Å². The van der Waals surface area contributed by atoms with Crippen molar-refractivity contribution in [2.75, 3.05) is 18.0 Å². The summed E-state index contributed by atoms with van der Waals surface area (Å²) in [5.41, 5.74) is 4.62. The Morgan fingerprint density at radius 2 is 1.25 bits per heavy atom. The first-order valence-corrected chi connectivity index (χ1v) is 20.3. The molecule has 1 aliphatic carbocycles. The summed E-state index contributed by atoms with van der Waals surface area (Å²) in [6.07, 6.45) is 7.23. The van der Waals surface area contributed by atoms with Crippen molar-refractivity contribution in [3.05, 3.63) is 143 Å². The predicted molar refractivity (Wildman–Crippen MR) is 197 cm³/mol. The van der Waals surface area contributed by atoms with Crippen molar-refractivity contribution >= 4 is 47.3 Å². The first kappa shape index (κ1) is 38.3. The minimum atomic E-state index is -4.78. The summed E-state index contributed by atoms with van der Waals surface area (Å²) >= 11 is 0. The van der Waals surface area contributed by atoms with Gasteiger partial charge in [0.2, 0.25) is 0 Å². The van der Waals surface area contributed by atoms with Gasteiger partial charge in [0.05, 0.1) is 9.79 Å². The lowest BCUT2D eigenvalue weighted by Crippen LogP contribution is -2.22. The number of aromatic hydroxyl groups is 1. The molecule has 0 amide bonds. The van der Waals surface area contributed by atoms with Crippen molar-refractivity contribution in [3.63, 3.8) is 0 Å². The van der Waals surface area contributed by atoms with Crippen molar-refractivity contribution in [3.8, 4) is 5.75 Å². The summed E-state index contributed by atoms with van der Waals surface area (Å²) in [6, 6.07) is 23.0. The molecule has 0 spiro atoms. The van der Waals surface area contributed by atoms with Gasteiger partial charge >= 0.3 is 0 Å². The number of hydrogen-bond donors (Lipinski definition) is 4. The predicted octanol–water partition coefficient (Wildman–Crippen LogP) is 5.76. The van der Waals surface area contributed by atoms with Gasteiger partial charge in [-0.1, -0.05) is 36.4 Å². The highest BCUT2D eigenvalue weighted by Gasteiger charge is 2.23. The van der Waals surface area contributed by atoms with E-state index in [2.05, 4.69) is 0 Å². The fourth-order valence-corrected chi connectivity index (χ4v) is 7.73. The molecule has 12 nitrogen and oxygen atoms in total. The number of rotatable bonds is 12. The molecule has 15 heteroatoms. The molecule has 4 aromatic rings. The third kappa shape index (κ3) is 9.11. The molecule has 0 fully saturated rings. The summed E-state index contributed by atoms with van der Waals surface area (Å²) in [5, 5.41) is 10.1. The standard InChI is InChI=1S/C37H36N2O10S3/c1-3-38(24-26-7-5-9-33(21-26)50(41,42)43)30-15-11-28(12-16-30)37(35-20-19-32(40)23-36(35)52(47,48)49)29-13-17-31(18-14-29)39(4-2)25-27-8-6-10-34(22-27)51(44,45)46/h5-23H,3-4,24-25H2,1-2H3,(H3,41,42,43,44,45,46,47,48,49)/p+1. The third-order valence-corrected chi connectivity index (χ3v) is 11.1. The Morgan fingerprint density at radius 1 is 0.673 bits per heavy atom. The molecule has 272 valence electrons. The van der Waals surface area contributed by atoms with E-state index < -0.39 is 35.2 Å². The molecule has 0 saturated heterocycles. The van der Waals surface area contributed by atoms with Crippen LogP contribution in [0.2, 0.25) is 0 Å². The fraction of sp³-hybridized carbons (Fsp3) is 0.162. The summed E-state index contributed by atoms with van der Waals surface area (Å²) < 4.78 is 103. The number of anilines is 1. The second-order valence-corrected chi connectivity index (χ2v) is 16.1. The van der Waals surface area contributed by atoms with Gasteiger partial charge in [-0.2, -0.15) is 25.3 Å². The van der Waals surface area contributed by atoms with Gasteiger partial charge in [0.1, 0.15) is 17.2 Å². The Morgan fingerprint density at radius 3 is 1.79 bits per heavy atom. The van der Waals surface area contributed by atoms with Crippen molar-refractivity contribution in [1.82, 2.24) is 0 Å². The average Bonchev–Trinajstić information content (AvgIpc) is 3.10. The smallest absolute Gasteiger partial charge is 0.295 e. The maximum atomic E-state index is 12.6. The summed E-state index contributed by atoms with van der Waals surface area (Å²) in [4.78, 5) is 1.08. The molecular formula is C37H37N2O10S3+. The number of benzene rings is 4. The quantitative estimate of drug-likeness (QED) is 0.101. The highest BCUT2D eigenvalue weighted by atomic mass is 32.2. The molecule has 1 aliphatic rings. The van der Waals surface area contributed by atoms with E-state index in [1.54, 1.807) is 48.6 Å². The number of allylic oxidation sites excluding steroid dienone is 5. The normalized spacial score (nSPS) is 13.3. The highest BCUT2D eigenvalue weighted by Crippen LogP contribution is 2.36. The molecule has 0 heterocycles. The Bertz CT molecular complexity index is 2450. The zero-order valence-electron chi connectivity index (χ0n) is 28.2. The van der Waals surface area contributed by atoms with Gasteiger partial charge in [-0.25, -0.2) is 4.58 Å². The number of nitrogens with zero attached hydrogens (tertiary/aromatic N) is 2. The van der Waals surface area contributed by atoms with Crippen LogP contribution in [0.3, 0.4) is 0 Å². The van der Waals surface area contributed by atoms with Gasteiger partial charge in [0, 0.05) is 48.1 Å². The van der Waals surface area contributed by atoms with E-state index in [0.717, 1.165) is 17.5 Å². The molecule has 0 aliphatic heterocycles. The zero-order chi connectivity index (χ0) is 37.8. The molecule has 0 aromatic heterocycles. The van der Waals surface area contributed by atoms with Crippen LogP contribution in [0.1, 0.15) is 36.1 Å². The summed E-state index contributed by atoms with van der Waals surface area (Å²) in [6.45, 7) is 5.61. The molecular weight excluding hydrogens is 729 g/mol. The van der Waals surface area contributed by atoms with Crippen LogP contribution in [-0.2, 0) is 43.4 Å². The molecule has 0 unspecified atom stereocenters. The van der Waals surface area contributed by atoms with E-state index in [9.17, 15) is 44.0 Å². The SMILES string of the molecule is CCN(Cc1cccc(S(=O)(=O)O)c1)c1ccc(C(=C2C=CC(=[N+](CC)Cc3cccc(S(=O)(=O)O)c3)C=C2)c2ccc(O)cc2S(=O)(=O)O)cc1. The summed E-state index contributed by atoms with van der Waals surface area (Å²) in [5.74, 6) is -0.352. The Balaban J connectivity index is 1.56. The molecule has 0 atom stereocenters. The number of phenolic OH excluding ortho intramolecular Hbond substituents is 1. The van der Waals surface area contributed by atoms with Crippen LogP contribution in [0.4, 0.5) is 5.69 Å². The Hall–Kier alpha value is -4.90. The minimum absolute atomic E-state index is 0.143. The van der Waals surface area contributed by atoms with Crippen LogP contribution < -0.4 is 4.90 Å². The van der Waals surface area contributed by atoms with Crippen molar-refractivity contribution in [2.45, 2.75) is 41.6 Å². The first-order valence-electron chi connectivity index (χ1n) is 16.0. The molecule has 5 rings (SSSR count). The van der Waals surface area contributed by atoms with E-state index in [0.29, 0.717) is 54.0 Å². The second kappa shape index (κ2) is 15.4. The van der Waals surface area contributed by atoms with Crippen molar-refractivity contribution in [2.24, 2.45) is 0 Å². The van der Waals surface area contributed by atoms with Crippen LogP contribution >= 0.6 is 0 Å². The van der Waals surface area contributed by atoms with Gasteiger partial charge in [-0.05, 0) is 96.8 Å². The third-order valence-electron chi connectivity index (χ3n) is 8.46. The van der Waals surface area contributed by atoms with Crippen LogP contribution in [0, 0.1) is 0 Å². The molecule has 0 bridgehead atoms. The number of phenols is 1. The Kier molecular flexibility index (Phi) is 11.3. The lowest BCUT2D eigenvalue weighted by atomic mass is 9.90. The maximum Gasteiger partial charge on any atom is 0.295 e. The molecule has 4 aromatic carbocycles. The highest BCUT2D eigenvalue weighted by molar-refractivity contribution is 7.86. The van der Waals surface area contributed by atoms with Crippen LogP contribution in [0.15, 0.2) is 136 Å². The van der Waals surface area contributed by atoms with Gasteiger partial charge in [0.15, 0.2) is 12.3 Å².